The molecule has 1 aromatic heterocycles. The van der Waals surface area contributed by atoms with Crippen LogP contribution in [0.5, 0.6) is 5.75 Å². The van der Waals surface area contributed by atoms with Crippen LogP contribution >= 0.6 is 0 Å². The molecule has 0 spiro atoms. The number of rotatable bonds is 4. The fourth-order valence-corrected chi connectivity index (χ4v) is 2.43. The summed E-state index contributed by atoms with van der Waals surface area (Å²) in [5.41, 5.74) is 2.62. The van der Waals surface area contributed by atoms with Crippen LogP contribution in [-0.4, -0.2) is 32.4 Å². The van der Waals surface area contributed by atoms with Gasteiger partial charge < -0.3 is 15.5 Å². The second kappa shape index (κ2) is 6.30. The van der Waals surface area contributed by atoms with E-state index in [9.17, 15) is 15.0 Å². The Morgan fingerprint density at radius 1 is 1.38 bits per heavy atom. The Morgan fingerprint density at radius 2 is 2.12 bits per heavy atom. The molecule has 0 radical (unpaired) electrons. The molecule has 1 saturated carbocycles. The summed E-state index contributed by atoms with van der Waals surface area (Å²) in [5.74, 6) is 2.58. The lowest BCUT2D eigenvalue weighted by molar-refractivity contribution is -0.123. The molecule has 1 fully saturated rings. The smallest absolute Gasteiger partial charge is 0.254 e. The summed E-state index contributed by atoms with van der Waals surface area (Å²) in [5, 5.41) is 30.2. The topological polar surface area (TPSA) is 95.3 Å². The zero-order valence-corrected chi connectivity index (χ0v) is 13.2. The quantitative estimate of drug-likeness (QED) is 0.748. The monoisotopic (exact) mass is 323 g/mol. The second-order valence-corrected chi connectivity index (χ2v) is 5.85. The molecule has 0 bridgehead atoms. The number of phenols is 1. The van der Waals surface area contributed by atoms with Crippen molar-refractivity contribution in [3.8, 4) is 29.4 Å². The first-order valence-corrected chi connectivity index (χ1v) is 7.66. The molecule has 3 N–H and O–H groups in total. The molecule has 1 aliphatic carbocycles. The van der Waals surface area contributed by atoms with E-state index in [0.29, 0.717) is 22.7 Å². The van der Waals surface area contributed by atoms with Crippen molar-refractivity contribution in [3.05, 3.63) is 35.4 Å². The van der Waals surface area contributed by atoms with Crippen molar-refractivity contribution in [2.24, 2.45) is 0 Å². The van der Waals surface area contributed by atoms with E-state index in [-0.39, 0.29) is 11.6 Å². The van der Waals surface area contributed by atoms with Gasteiger partial charge in [-0.2, -0.15) is 0 Å². The van der Waals surface area contributed by atoms with Crippen LogP contribution in [-0.2, 0) is 4.79 Å². The van der Waals surface area contributed by atoms with Crippen LogP contribution in [0.2, 0.25) is 0 Å². The molecule has 122 valence electrons. The van der Waals surface area contributed by atoms with Crippen molar-refractivity contribution in [3.63, 3.8) is 0 Å². The van der Waals surface area contributed by atoms with E-state index in [1.165, 1.54) is 13.0 Å². The fourth-order valence-electron chi connectivity index (χ4n) is 2.43. The van der Waals surface area contributed by atoms with Gasteiger partial charge >= 0.3 is 0 Å². The van der Waals surface area contributed by atoms with Crippen molar-refractivity contribution in [2.45, 2.75) is 31.8 Å². The molecule has 6 nitrogen and oxygen atoms in total. The summed E-state index contributed by atoms with van der Waals surface area (Å²) < 4.78 is 0. The molecule has 1 atom stereocenters. The number of anilines is 1. The van der Waals surface area contributed by atoms with Crippen LogP contribution in [0.15, 0.2) is 24.3 Å². The molecule has 1 heterocycles. The average molecular weight is 323 g/mol. The third-order valence-electron chi connectivity index (χ3n) is 3.89. The largest absolute Gasteiger partial charge is 0.507 e. The van der Waals surface area contributed by atoms with Crippen LogP contribution in [0.4, 0.5) is 5.82 Å². The summed E-state index contributed by atoms with van der Waals surface area (Å²) >= 11 is 0. The minimum absolute atomic E-state index is 0.0439. The number of aromatic hydroxyl groups is 1. The second-order valence-electron chi connectivity index (χ2n) is 5.85. The van der Waals surface area contributed by atoms with E-state index in [2.05, 4.69) is 21.4 Å². The van der Waals surface area contributed by atoms with E-state index in [4.69, 9.17) is 6.42 Å². The fraction of sp³-hybridized carbons (Fsp3) is 0.278. The van der Waals surface area contributed by atoms with Crippen molar-refractivity contribution in [1.29, 1.82) is 0 Å². The maximum absolute atomic E-state index is 11.6. The highest BCUT2D eigenvalue weighted by Crippen LogP contribution is 2.45. The number of aromatic nitrogens is 2. The van der Waals surface area contributed by atoms with Gasteiger partial charge in [0, 0.05) is 11.1 Å². The third-order valence-corrected chi connectivity index (χ3v) is 3.89. The minimum Gasteiger partial charge on any atom is -0.507 e. The molecule has 24 heavy (non-hydrogen) atoms. The lowest BCUT2D eigenvalue weighted by Gasteiger charge is -2.12. The van der Waals surface area contributed by atoms with Gasteiger partial charge in [-0.25, -0.2) is 0 Å². The number of nitrogens with zero attached hydrogens (tertiary/aromatic N) is 2. The van der Waals surface area contributed by atoms with Crippen molar-refractivity contribution in [1.82, 2.24) is 10.2 Å². The first kappa shape index (κ1) is 16.0. The Balaban J connectivity index is 2.00. The van der Waals surface area contributed by atoms with E-state index < -0.39 is 12.0 Å². The summed E-state index contributed by atoms with van der Waals surface area (Å²) in [7, 11) is 0. The molecule has 1 aliphatic rings. The molecule has 0 saturated heterocycles. The summed E-state index contributed by atoms with van der Waals surface area (Å²) in [6.45, 7) is 1.38. The molecule has 1 amide bonds. The normalized spacial score (nSPS) is 14.7. The Kier molecular flexibility index (Phi) is 4.19. The van der Waals surface area contributed by atoms with E-state index in [0.717, 1.165) is 18.4 Å². The van der Waals surface area contributed by atoms with E-state index in [1.54, 1.807) is 18.2 Å². The highest BCUT2D eigenvalue weighted by atomic mass is 16.3. The molecule has 6 heteroatoms. The van der Waals surface area contributed by atoms with E-state index >= 15 is 0 Å². The number of benzene rings is 1. The number of aliphatic hydroxyl groups excluding tert-OH is 1. The predicted octanol–water partition coefficient (Wildman–Crippen LogP) is 2.03. The molecule has 0 aliphatic heterocycles. The van der Waals surface area contributed by atoms with Gasteiger partial charge in [-0.05, 0) is 55.5 Å². The SMILES string of the molecule is C#Cc1ccc(-c2nnc(NC(=O)[C@@H](C)O)cc2C2CC2)c(O)c1. The van der Waals surface area contributed by atoms with Crippen molar-refractivity contribution in [2.75, 3.05) is 5.32 Å². The highest BCUT2D eigenvalue weighted by molar-refractivity contribution is 5.93. The maximum Gasteiger partial charge on any atom is 0.254 e. The Hall–Kier alpha value is -2.91. The van der Waals surface area contributed by atoms with Crippen LogP contribution in [0.1, 0.15) is 36.8 Å². The molecule has 3 rings (SSSR count). The zero-order chi connectivity index (χ0) is 17.3. The van der Waals surface area contributed by atoms with Crippen molar-refractivity contribution < 1.29 is 15.0 Å². The molecule has 1 aromatic carbocycles. The van der Waals surface area contributed by atoms with Crippen LogP contribution in [0, 0.1) is 12.3 Å². The Bertz CT molecular complexity index is 836. The number of carbonyl (C=O) groups excluding carboxylic acids is 1. The van der Waals surface area contributed by atoms with Gasteiger partial charge in [0.2, 0.25) is 0 Å². The van der Waals surface area contributed by atoms with Gasteiger partial charge in [0.25, 0.3) is 5.91 Å². The van der Waals surface area contributed by atoms with Crippen molar-refractivity contribution >= 4 is 11.7 Å². The van der Waals surface area contributed by atoms with Gasteiger partial charge in [-0.15, -0.1) is 16.6 Å². The summed E-state index contributed by atoms with van der Waals surface area (Å²) in [6, 6.07) is 6.71. The number of hydrogen-bond donors (Lipinski definition) is 3. The van der Waals surface area contributed by atoms with Crippen LogP contribution < -0.4 is 5.32 Å². The van der Waals surface area contributed by atoms with Gasteiger partial charge in [0.05, 0.1) is 0 Å². The average Bonchev–Trinajstić information content (AvgIpc) is 3.39. The predicted molar refractivity (Wildman–Crippen MR) is 89.4 cm³/mol. The number of carbonyl (C=O) groups is 1. The lowest BCUT2D eigenvalue weighted by atomic mass is 10.0. The first-order valence-electron chi connectivity index (χ1n) is 7.66. The maximum atomic E-state index is 11.6. The number of nitrogens with one attached hydrogen (secondary N) is 1. The lowest BCUT2D eigenvalue weighted by Crippen LogP contribution is -2.25. The molecular weight excluding hydrogens is 306 g/mol. The zero-order valence-electron chi connectivity index (χ0n) is 13.2. The summed E-state index contributed by atoms with van der Waals surface area (Å²) in [6.07, 6.45) is 6.25. The minimum atomic E-state index is -1.13. The number of amides is 1. The van der Waals surface area contributed by atoms with Gasteiger partial charge in [-0.1, -0.05) is 5.92 Å². The summed E-state index contributed by atoms with van der Waals surface area (Å²) in [4.78, 5) is 11.6. The third kappa shape index (κ3) is 3.21. The number of aliphatic hydroxyl groups is 1. The van der Waals surface area contributed by atoms with Gasteiger partial charge in [-0.3, -0.25) is 4.79 Å². The first-order chi connectivity index (χ1) is 11.5. The molecule has 0 unspecified atom stereocenters. The molecular formula is C18H17N3O3. The van der Waals surface area contributed by atoms with Gasteiger partial charge in [0.1, 0.15) is 17.5 Å². The van der Waals surface area contributed by atoms with Crippen LogP contribution in [0.3, 0.4) is 0 Å². The number of phenolic OH excluding ortho intramolecular Hbond substituents is 1. The highest BCUT2D eigenvalue weighted by Gasteiger charge is 2.29. The molecule has 2 aromatic rings. The Labute approximate surface area is 139 Å². The van der Waals surface area contributed by atoms with E-state index in [1.807, 2.05) is 0 Å². The standard InChI is InChI=1S/C18H17N3O3/c1-3-11-4-7-13(15(23)8-11)17-14(12-5-6-12)9-16(20-21-17)19-18(24)10(2)22/h1,4,7-10,12,22-23H,5-6H2,2H3,(H,19,20,24)/t10-/m1/s1. The van der Waals surface area contributed by atoms with Gasteiger partial charge in [0.15, 0.2) is 5.82 Å². The number of terminal acetylenes is 1. The number of hydrogen-bond acceptors (Lipinski definition) is 5. The Morgan fingerprint density at radius 3 is 2.71 bits per heavy atom. The van der Waals surface area contributed by atoms with Crippen LogP contribution in [0.25, 0.3) is 11.3 Å².